The summed E-state index contributed by atoms with van der Waals surface area (Å²) in [6.07, 6.45) is 2.11. The molecule has 25 heavy (non-hydrogen) atoms. The SMILES string of the molecule is CCC(=O)N1CCc2ccc(NS(=O)(=O)c3ccc(CC)s3)cc2C1. The van der Waals surface area contributed by atoms with Crippen LogP contribution in [0.2, 0.25) is 0 Å². The van der Waals surface area contributed by atoms with Gasteiger partial charge in [-0.1, -0.05) is 19.9 Å². The average molecular weight is 379 g/mol. The Kier molecular flexibility index (Phi) is 5.15. The molecule has 0 unspecified atom stereocenters. The van der Waals surface area contributed by atoms with Crippen molar-refractivity contribution >= 4 is 33.0 Å². The van der Waals surface area contributed by atoms with Gasteiger partial charge in [0.25, 0.3) is 10.0 Å². The maximum Gasteiger partial charge on any atom is 0.271 e. The van der Waals surface area contributed by atoms with Gasteiger partial charge in [0.2, 0.25) is 5.91 Å². The van der Waals surface area contributed by atoms with Gasteiger partial charge < -0.3 is 4.90 Å². The van der Waals surface area contributed by atoms with Gasteiger partial charge in [0.05, 0.1) is 0 Å². The number of thiophene rings is 1. The van der Waals surface area contributed by atoms with Crippen molar-refractivity contribution in [2.45, 2.75) is 43.9 Å². The van der Waals surface area contributed by atoms with Gasteiger partial charge in [0.1, 0.15) is 4.21 Å². The van der Waals surface area contributed by atoms with Crippen LogP contribution in [0.3, 0.4) is 0 Å². The Labute approximate surface area is 152 Å². The zero-order valence-electron chi connectivity index (χ0n) is 14.4. The fraction of sp³-hybridized carbons (Fsp3) is 0.389. The largest absolute Gasteiger partial charge is 0.338 e. The normalized spacial score (nSPS) is 14.2. The van der Waals surface area contributed by atoms with Gasteiger partial charge in [-0.05, 0) is 48.2 Å². The van der Waals surface area contributed by atoms with E-state index in [2.05, 4.69) is 4.72 Å². The fourth-order valence-corrected chi connectivity index (χ4v) is 5.30. The number of nitrogens with one attached hydrogen (secondary N) is 1. The second kappa shape index (κ2) is 7.17. The third-order valence-electron chi connectivity index (χ3n) is 4.38. The van der Waals surface area contributed by atoms with Crippen LogP contribution in [0.5, 0.6) is 0 Å². The predicted octanol–water partition coefficient (Wildman–Crippen LogP) is 3.41. The number of nitrogens with zero attached hydrogens (tertiary/aromatic N) is 1. The highest BCUT2D eigenvalue weighted by Gasteiger charge is 2.21. The molecule has 134 valence electrons. The quantitative estimate of drug-likeness (QED) is 0.867. The molecule has 0 aliphatic carbocycles. The summed E-state index contributed by atoms with van der Waals surface area (Å²) in [4.78, 5) is 14.8. The second-order valence-electron chi connectivity index (χ2n) is 6.08. The molecule has 0 atom stereocenters. The summed E-state index contributed by atoms with van der Waals surface area (Å²) in [5.74, 6) is 0.127. The Bertz CT molecular complexity index is 887. The average Bonchev–Trinajstić information content (AvgIpc) is 3.10. The van der Waals surface area contributed by atoms with E-state index < -0.39 is 10.0 Å². The molecule has 1 aliphatic heterocycles. The Morgan fingerprint density at radius 2 is 2.00 bits per heavy atom. The molecule has 0 saturated carbocycles. The van der Waals surface area contributed by atoms with Crippen LogP contribution in [0, 0.1) is 0 Å². The molecule has 0 fully saturated rings. The number of hydrogen-bond acceptors (Lipinski definition) is 4. The number of anilines is 1. The van der Waals surface area contributed by atoms with Crippen LogP contribution in [-0.2, 0) is 34.2 Å². The Morgan fingerprint density at radius 1 is 1.20 bits per heavy atom. The maximum atomic E-state index is 12.6. The van der Waals surface area contributed by atoms with Crippen molar-refractivity contribution in [2.75, 3.05) is 11.3 Å². The van der Waals surface area contributed by atoms with Gasteiger partial charge in [-0.15, -0.1) is 11.3 Å². The van der Waals surface area contributed by atoms with Crippen molar-refractivity contribution in [1.29, 1.82) is 0 Å². The minimum absolute atomic E-state index is 0.127. The summed E-state index contributed by atoms with van der Waals surface area (Å²) in [5.41, 5.74) is 2.72. The van der Waals surface area contributed by atoms with Crippen molar-refractivity contribution in [3.05, 3.63) is 46.3 Å². The van der Waals surface area contributed by atoms with Gasteiger partial charge >= 0.3 is 0 Å². The third kappa shape index (κ3) is 3.88. The summed E-state index contributed by atoms with van der Waals surface area (Å²) in [7, 11) is -3.58. The van der Waals surface area contributed by atoms with Crippen LogP contribution >= 0.6 is 11.3 Å². The lowest BCUT2D eigenvalue weighted by atomic mass is 9.99. The van der Waals surface area contributed by atoms with Crippen molar-refractivity contribution in [1.82, 2.24) is 4.90 Å². The monoisotopic (exact) mass is 378 g/mol. The van der Waals surface area contributed by atoms with Gasteiger partial charge in [-0.2, -0.15) is 0 Å². The highest BCUT2D eigenvalue weighted by atomic mass is 32.2. The van der Waals surface area contributed by atoms with Crippen LogP contribution < -0.4 is 4.72 Å². The lowest BCUT2D eigenvalue weighted by molar-refractivity contribution is -0.131. The summed E-state index contributed by atoms with van der Waals surface area (Å²) < 4.78 is 28.1. The van der Waals surface area contributed by atoms with Crippen LogP contribution in [0.1, 0.15) is 36.3 Å². The molecule has 0 saturated heterocycles. The minimum Gasteiger partial charge on any atom is -0.338 e. The van der Waals surface area contributed by atoms with Gasteiger partial charge in [0.15, 0.2) is 0 Å². The molecule has 2 aromatic rings. The number of aryl methyl sites for hydroxylation is 1. The van der Waals surface area contributed by atoms with Crippen LogP contribution in [0.4, 0.5) is 5.69 Å². The lowest BCUT2D eigenvalue weighted by Crippen LogP contribution is -2.35. The number of rotatable bonds is 5. The first-order chi connectivity index (χ1) is 11.9. The summed E-state index contributed by atoms with van der Waals surface area (Å²) in [5, 5.41) is 0. The number of benzene rings is 1. The van der Waals surface area contributed by atoms with E-state index in [-0.39, 0.29) is 5.91 Å². The highest BCUT2D eigenvalue weighted by molar-refractivity contribution is 7.94. The van der Waals surface area contributed by atoms with Gasteiger partial charge in [0, 0.05) is 30.1 Å². The van der Waals surface area contributed by atoms with E-state index in [1.54, 1.807) is 12.1 Å². The van der Waals surface area contributed by atoms with Crippen LogP contribution in [0.25, 0.3) is 0 Å². The molecule has 0 spiro atoms. The molecule has 5 nitrogen and oxygen atoms in total. The third-order valence-corrected chi connectivity index (χ3v) is 7.48. The van der Waals surface area contributed by atoms with E-state index >= 15 is 0 Å². The summed E-state index contributed by atoms with van der Waals surface area (Å²) in [6.45, 7) is 5.12. The molecule has 0 radical (unpaired) electrons. The smallest absolute Gasteiger partial charge is 0.271 e. The summed E-state index contributed by atoms with van der Waals surface area (Å²) >= 11 is 1.29. The van der Waals surface area contributed by atoms with Crippen LogP contribution in [-0.4, -0.2) is 25.8 Å². The van der Waals surface area contributed by atoms with E-state index in [0.717, 1.165) is 29.8 Å². The Morgan fingerprint density at radius 3 is 2.68 bits per heavy atom. The zero-order valence-corrected chi connectivity index (χ0v) is 16.0. The Hall–Kier alpha value is -1.86. The molecular weight excluding hydrogens is 356 g/mol. The number of carbonyl (C=O) groups is 1. The van der Waals surface area contributed by atoms with Crippen molar-refractivity contribution in [3.63, 3.8) is 0 Å². The molecule has 2 heterocycles. The second-order valence-corrected chi connectivity index (χ2v) is 9.16. The van der Waals surface area contributed by atoms with E-state index in [9.17, 15) is 13.2 Å². The van der Waals surface area contributed by atoms with E-state index in [1.165, 1.54) is 16.9 Å². The number of carbonyl (C=O) groups excluding carboxylic acids is 1. The van der Waals surface area contributed by atoms with E-state index in [1.807, 2.05) is 36.9 Å². The predicted molar refractivity (Wildman–Crippen MR) is 100 cm³/mol. The van der Waals surface area contributed by atoms with Crippen molar-refractivity contribution in [2.24, 2.45) is 0 Å². The lowest BCUT2D eigenvalue weighted by Gasteiger charge is -2.29. The molecule has 1 aromatic carbocycles. The number of amides is 1. The number of hydrogen-bond donors (Lipinski definition) is 1. The zero-order chi connectivity index (χ0) is 18.0. The summed E-state index contributed by atoms with van der Waals surface area (Å²) in [6, 6.07) is 9.08. The Balaban J connectivity index is 1.81. The number of sulfonamides is 1. The van der Waals surface area contributed by atoms with E-state index in [4.69, 9.17) is 0 Å². The maximum absolute atomic E-state index is 12.6. The fourth-order valence-electron chi connectivity index (χ4n) is 2.96. The van der Waals surface area contributed by atoms with Gasteiger partial charge in [-0.25, -0.2) is 8.42 Å². The topological polar surface area (TPSA) is 66.5 Å². The first kappa shape index (κ1) is 17.9. The molecule has 0 bridgehead atoms. The van der Waals surface area contributed by atoms with Crippen LogP contribution in [0.15, 0.2) is 34.5 Å². The van der Waals surface area contributed by atoms with Crippen molar-refractivity contribution in [3.8, 4) is 0 Å². The molecule has 3 rings (SSSR count). The van der Waals surface area contributed by atoms with Crippen molar-refractivity contribution < 1.29 is 13.2 Å². The molecule has 1 aromatic heterocycles. The molecular formula is C18H22N2O3S2. The first-order valence-corrected chi connectivity index (χ1v) is 10.7. The molecule has 1 aliphatic rings. The van der Waals surface area contributed by atoms with Gasteiger partial charge in [-0.3, -0.25) is 9.52 Å². The molecule has 1 amide bonds. The first-order valence-electron chi connectivity index (χ1n) is 8.44. The standard InChI is InChI=1S/C18H22N2O3S2/c1-3-16-7-8-18(24-16)25(22,23)19-15-6-5-13-9-10-20(17(21)4-2)12-14(13)11-15/h5-8,11,19H,3-4,9-10,12H2,1-2H3. The van der Waals surface area contributed by atoms with E-state index in [0.29, 0.717) is 22.9 Å². The highest BCUT2D eigenvalue weighted by Crippen LogP contribution is 2.27. The molecule has 1 N–H and O–H groups in total. The number of fused-ring (bicyclic) bond motifs is 1. The minimum atomic E-state index is -3.58. The molecule has 7 heteroatoms.